The Bertz CT molecular complexity index is 1640. The van der Waals surface area contributed by atoms with E-state index in [1.165, 1.54) is 47.9 Å². The number of halogens is 4. The second-order valence-corrected chi connectivity index (χ2v) is 10.9. The van der Waals surface area contributed by atoms with Gasteiger partial charge in [0, 0.05) is 28.9 Å². The zero-order valence-electron chi connectivity index (χ0n) is 21.9. The highest BCUT2D eigenvalue weighted by Crippen LogP contribution is 2.41. The van der Waals surface area contributed by atoms with E-state index in [4.69, 9.17) is 21.1 Å². The standard InChI is InChI=1S/C27H24BrClF2N6O4/c1-12(38)24-25(40-3)22(36-11-15(10-33-36)17-6-7-18(29)21(31)20(17)30)23(39)26(41-24)27-34-13(2)35-37(27)19-8-16(28)5-4-14(19)9-32/h4-8,10-12,22-26,38-39H,1-3H3/t12?,22?,23?,24?,25-,26-/m1/s1. The van der Waals surface area contributed by atoms with Crippen molar-refractivity contribution in [1.82, 2.24) is 24.5 Å². The van der Waals surface area contributed by atoms with E-state index in [1.807, 2.05) is 0 Å². The summed E-state index contributed by atoms with van der Waals surface area (Å²) < 4.78 is 44.2. The summed E-state index contributed by atoms with van der Waals surface area (Å²) in [5.74, 6) is -1.81. The van der Waals surface area contributed by atoms with Crippen molar-refractivity contribution in [3.8, 4) is 22.9 Å². The lowest BCUT2D eigenvalue weighted by Crippen LogP contribution is -2.56. The number of nitriles is 1. The lowest BCUT2D eigenvalue weighted by atomic mass is 9.89. The molecular formula is C27H24BrClF2N6O4. The van der Waals surface area contributed by atoms with Gasteiger partial charge in [-0.2, -0.15) is 15.5 Å². The van der Waals surface area contributed by atoms with Crippen LogP contribution in [0.5, 0.6) is 0 Å². The monoisotopic (exact) mass is 648 g/mol. The summed E-state index contributed by atoms with van der Waals surface area (Å²) in [6.45, 7) is 3.17. The van der Waals surface area contributed by atoms with Crippen LogP contribution in [-0.4, -0.2) is 66.3 Å². The molecule has 6 atom stereocenters. The molecule has 3 heterocycles. The van der Waals surface area contributed by atoms with Crippen LogP contribution in [0.1, 0.15) is 36.3 Å². The molecule has 4 aromatic rings. The van der Waals surface area contributed by atoms with Crippen LogP contribution in [0.25, 0.3) is 16.8 Å². The van der Waals surface area contributed by atoms with Crippen molar-refractivity contribution in [2.45, 2.75) is 50.4 Å². The van der Waals surface area contributed by atoms with Crippen molar-refractivity contribution in [2.75, 3.05) is 7.11 Å². The van der Waals surface area contributed by atoms with E-state index in [2.05, 4.69) is 37.2 Å². The maximum atomic E-state index is 14.7. The number of ether oxygens (including phenoxy) is 2. The van der Waals surface area contributed by atoms with Crippen molar-refractivity contribution in [3.05, 3.63) is 81.1 Å². The molecule has 1 fully saturated rings. The summed E-state index contributed by atoms with van der Waals surface area (Å²) in [5.41, 5.74) is 0.848. The molecule has 2 aromatic carbocycles. The first kappa shape index (κ1) is 29.2. The van der Waals surface area contributed by atoms with Crippen molar-refractivity contribution in [1.29, 1.82) is 5.26 Å². The van der Waals surface area contributed by atoms with Crippen LogP contribution in [0.4, 0.5) is 8.78 Å². The largest absolute Gasteiger partial charge is 0.391 e. The quantitative estimate of drug-likeness (QED) is 0.293. The van der Waals surface area contributed by atoms with Crippen LogP contribution >= 0.6 is 27.5 Å². The van der Waals surface area contributed by atoms with Crippen LogP contribution < -0.4 is 0 Å². The molecule has 0 saturated carbocycles. The number of aromatic nitrogens is 5. The predicted molar refractivity (Wildman–Crippen MR) is 146 cm³/mol. The Balaban J connectivity index is 1.62. The molecule has 41 heavy (non-hydrogen) atoms. The van der Waals surface area contributed by atoms with Gasteiger partial charge in [0.1, 0.15) is 42.4 Å². The molecule has 214 valence electrons. The van der Waals surface area contributed by atoms with E-state index < -0.39 is 48.2 Å². The van der Waals surface area contributed by atoms with Gasteiger partial charge in [0.15, 0.2) is 17.5 Å². The van der Waals surface area contributed by atoms with Crippen LogP contribution in [0.2, 0.25) is 5.02 Å². The third kappa shape index (κ3) is 5.27. The highest BCUT2D eigenvalue weighted by molar-refractivity contribution is 9.10. The fourth-order valence-corrected chi connectivity index (χ4v) is 5.53. The van der Waals surface area contributed by atoms with E-state index in [9.17, 15) is 24.3 Å². The number of hydrogen-bond acceptors (Lipinski definition) is 8. The van der Waals surface area contributed by atoms with Gasteiger partial charge in [0.25, 0.3) is 0 Å². The molecule has 1 saturated heterocycles. The minimum atomic E-state index is -1.38. The summed E-state index contributed by atoms with van der Waals surface area (Å²) in [5, 5.41) is 40.6. The maximum absolute atomic E-state index is 14.7. The first-order chi connectivity index (χ1) is 19.5. The predicted octanol–water partition coefficient (Wildman–Crippen LogP) is 4.44. The Labute approximate surface area is 246 Å². The smallest absolute Gasteiger partial charge is 0.178 e. The molecule has 10 nitrogen and oxygen atoms in total. The van der Waals surface area contributed by atoms with Gasteiger partial charge < -0.3 is 19.7 Å². The van der Waals surface area contributed by atoms with Crippen molar-refractivity contribution >= 4 is 27.5 Å². The zero-order chi connectivity index (χ0) is 29.6. The third-order valence-corrected chi connectivity index (χ3v) is 7.71. The number of hydrogen-bond donors (Lipinski definition) is 2. The van der Waals surface area contributed by atoms with E-state index in [0.717, 1.165) is 0 Å². The summed E-state index contributed by atoms with van der Waals surface area (Å²) in [7, 11) is 1.40. The number of aryl methyl sites for hydroxylation is 1. The van der Waals surface area contributed by atoms with Gasteiger partial charge in [-0.15, -0.1) is 0 Å². The fraction of sp³-hybridized carbons (Fsp3) is 0.333. The second kappa shape index (κ2) is 11.6. The van der Waals surface area contributed by atoms with Crippen molar-refractivity contribution < 1.29 is 28.5 Å². The Morgan fingerprint density at radius 1 is 1.24 bits per heavy atom. The van der Waals surface area contributed by atoms with E-state index in [0.29, 0.717) is 21.5 Å². The van der Waals surface area contributed by atoms with Crippen molar-refractivity contribution in [3.63, 3.8) is 0 Å². The Kier molecular flexibility index (Phi) is 8.24. The Morgan fingerprint density at radius 2 is 2.00 bits per heavy atom. The van der Waals surface area contributed by atoms with Gasteiger partial charge in [-0.3, -0.25) is 4.68 Å². The van der Waals surface area contributed by atoms with E-state index in [-0.39, 0.29) is 22.0 Å². The molecule has 0 amide bonds. The van der Waals surface area contributed by atoms with E-state index in [1.54, 1.807) is 25.1 Å². The zero-order valence-corrected chi connectivity index (χ0v) is 24.3. The van der Waals surface area contributed by atoms with Crippen molar-refractivity contribution in [2.24, 2.45) is 0 Å². The molecule has 1 aliphatic rings. The minimum Gasteiger partial charge on any atom is -0.391 e. The molecule has 1 aliphatic heterocycles. The average molecular weight is 650 g/mol. The number of aliphatic hydroxyl groups excluding tert-OH is 2. The number of nitrogens with zero attached hydrogens (tertiary/aromatic N) is 6. The fourth-order valence-electron chi connectivity index (χ4n) is 5.03. The number of rotatable bonds is 6. The normalized spacial score (nSPS) is 23.4. The summed E-state index contributed by atoms with van der Waals surface area (Å²) in [6, 6.07) is 8.73. The van der Waals surface area contributed by atoms with Gasteiger partial charge in [-0.1, -0.05) is 27.5 Å². The second-order valence-electron chi connectivity index (χ2n) is 9.58. The summed E-state index contributed by atoms with van der Waals surface area (Å²) in [4.78, 5) is 4.51. The number of methoxy groups -OCH3 is 1. The minimum absolute atomic E-state index is 0.0775. The van der Waals surface area contributed by atoms with Gasteiger partial charge >= 0.3 is 0 Å². The van der Waals surface area contributed by atoms with Gasteiger partial charge in [-0.25, -0.2) is 18.4 Å². The first-order valence-electron chi connectivity index (χ1n) is 12.4. The molecule has 2 N–H and O–H groups in total. The highest BCUT2D eigenvalue weighted by atomic mass is 79.9. The van der Waals surface area contributed by atoms with Crippen LogP contribution in [0.15, 0.2) is 47.2 Å². The van der Waals surface area contributed by atoms with Gasteiger partial charge in [0.05, 0.1) is 28.6 Å². The molecule has 0 spiro atoms. The number of benzene rings is 2. The van der Waals surface area contributed by atoms with Gasteiger partial charge in [0.2, 0.25) is 0 Å². The van der Waals surface area contributed by atoms with Crippen LogP contribution in [0, 0.1) is 29.9 Å². The SMILES string of the molecule is CO[C@H]1C(C(C)O)O[C@@H](c2nc(C)nn2-c2cc(Br)ccc2C#N)C(O)C1n1cc(-c2ccc(Cl)c(F)c2F)cn1. The molecule has 2 aromatic heterocycles. The lowest BCUT2D eigenvalue weighted by Gasteiger charge is -2.44. The lowest BCUT2D eigenvalue weighted by molar-refractivity contribution is -0.230. The molecule has 0 bridgehead atoms. The molecule has 14 heteroatoms. The Morgan fingerprint density at radius 3 is 2.68 bits per heavy atom. The molecule has 0 aliphatic carbocycles. The molecule has 4 unspecified atom stereocenters. The maximum Gasteiger partial charge on any atom is 0.178 e. The summed E-state index contributed by atoms with van der Waals surface area (Å²) >= 11 is 9.12. The molecular weight excluding hydrogens is 626 g/mol. The van der Waals surface area contributed by atoms with Gasteiger partial charge in [-0.05, 0) is 44.2 Å². The van der Waals surface area contributed by atoms with Crippen LogP contribution in [0.3, 0.4) is 0 Å². The third-order valence-electron chi connectivity index (χ3n) is 6.93. The highest BCUT2D eigenvalue weighted by Gasteiger charge is 2.50. The number of aliphatic hydroxyl groups is 2. The van der Waals surface area contributed by atoms with Crippen LogP contribution in [-0.2, 0) is 9.47 Å². The topological polar surface area (TPSA) is 131 Å². The average Bonchev–Trinajstić information content (AvgIpc) is 3.58. The molecule has 0 radical (unpaired) electrons. The first-order valence-corrected chi connectivity index (χ1v) is 13.6. The van der Waals surface area contributed by atoms with E-state index >= 15 is 0 Å². The summed E-state index contributed by atoms with van der Waals surface area (Å²) in [6.07, 6.45) is -2.75. The Hall–Kier alpha value is -3.25. The molecule has 5 rings (SSSR count).